The van der Waals surface area contributed by atoms with Crippen molar-refractivity contribution in [3.8, 4) is 0 Å². The standard InChI is InChI=1S/C17H28N2O/c1-12-9-13(2)11-15(10-12)16(19-18)17(20-3)14-7-5-4-6-8-14/h9-11,14,16-17,19H,4-8,18H2,1-3H3. The highest BCUT2D eigenvalue weighted by atomic mass is 16.5. The van der Waals surface area contributed by atoms with E-state index in [4.69, 9.17) is 10.6 Å². The van der Waals surface area contributed by atoms with Gasteiger partial charge in [-0.15, -0.1) is 0 Å². The van der Waals surface area contributed by atoms with E-state index >= 15 is 0 Å². The normalized spacial score (nSPS) is 19.8. The average Bonchev–Trinajstić information content (AvgIpc) is 2.44. The number of aryl methyl sites for hydroxylation is 2. The molecule has 0 radical (unpaired) electrons. The predicted octanol–water partition coefficient (Wildman–Crippen LogP) is 3.40. The molecule has 1 fully saturated rings. The Bertz CT molecular complexity index is 407. The number of rotatable bonds is 5. The van der Waals surface area contributed by atoms with Crippen molar-refractivity contribution in [1.29, 1.82) is 0 Å². The summed E-state index contributed by atoms with van der Waals surface area (Å²) in [7, 11) is 1.81. The fourth-order valence-electron chi connectivity index (χ4n) is 3.63. The number of hydrogen-bond acceptors (Lipinski definition) is 3. The topological polar surface area (TPSA) is 47.3 Å². The molecule has 20 heavy (non-hydrogen) atoms. The Morgan fingerprint density at radius 1 is 1.10 bits per heavy atom. The highest BCUT2D eigenvalue weighted by Crippen LogP contribution is 2.34. The first-order chi connectivity index (χ1) is 9.65. The smallest absolute Gasteiger partial charge is 0.0806 e. The molecule has 2 unspecified atom stereocenters. The Hall–Kier alpha value is -0.900. The molecule has 3 heteroatoms. The number of ether oxygens (including phenoxy) is 1. The first-order valence-corrected chi connectivity index (χ1v) is 7.73. The third-order valence-corrected chi connectivity index (χ3v) is 4.50. The van der Waals surface area contributed by atoms with Crippen molar-refractivity contribution < 1.29 is 4.74 Å². The third kappa shape index (κ3) is 3.60. The maximum Gasteiger partial charge on any atom is 0.0806 e. The largest absolute Gasteiger partial charge is 0.379 e. The van der Waals surface area contributed by atoms with Crippen LogP contribution in [-0.2, 0) is 4.74 Å². The van der Waals surface area contributed by atoms with E-state index in [-0.39, 0.29) is 12.1 Å². The Kier molecular flexibility index (Phi) is 5.58. The number of methoxy groups -OCH3 is 1. The van der Waals surface area contributed by atoms with E-state index in [9.17, 15) is 0 Å². The highest BCUT2D eigenvalue weighted by Gasteiger charge is 2.31. The molecule has 0 saturated heterocycles. The van der Waals surface area contributed by atoms with Crippen LogP contribution < -0.4 is 11.3 Å². The van der Waals surface area contributed by atoms with Crippen molar-refractivity contribution in [2.24, 2.45) is 11.8 Å². The minimum atomic E-state index is 0.0710. The molecule has 112 valence electrons. The van der Waals surface area contributed by atoms with Gasteiger partial charge in [-0.3, -0.25) is 11.3 Å². The van der Waals surface area contributed by atoms with Gasteiger partial charge in [-0.2, -0.15) is 0 Å². The number of hydrogen-bond donors (Lipinski definition) is 2. The van der Waals surface area contributed by atoms with Crippen LogP contribution in [0.3, 0.4) is 0 Å². The van der Waals surface area contributed by atoms with Crippen LogP contribution in [0.5, 0.6) is 0 Å². The van der Waals surface area contributed by atoms with Gasteiger partial charge in [-0.1, -0.05) is 48.6 Å². The lowest BCUT2D eigenvalue weighted by molar-refractivity contribution is 0.00748. The van der Waals surface area contributed by atoms with E-state index < -0.39 is 0 Å². The van der Waals surface area contributed by atoms with Gasteiger partial charge in [0, 0.05) is 7.11 Å². The molecule has 1 aliphatic carbocycles. The Balaban J connectivity index is 2.23. The third-order valence-electron chi connectivity index (χ3n) is 4.50. The van der Waals surface area contributed by atoms with Gasteiger partial charge in [0.15, 0.2) is 0 Å². The van der Waals surface area contributed by atoms with E-state index in [1.165, 1.54) is 48.8 Å². The summed E-state index contributed by atoms with van der Waals surface area (Å²) in [6, 6.07) is 6.69. The zero-order chi connectivity index (χ0) is 14.5. The number of nitrogens with one attached hydrogen (secondary N) is 1. The number of benzene rings is 1. The molecular weight excluding hydrogens is 248 g/mol. The summed E-state index contributed by atoms with van der Waals surface area (Å²) in [5, 5.41) is 0. The first kappa shape index (κ1) is 15.5. The van der Waals surface area contributed by atoms with Crippen molar-refractivity contribution in [3.63, 3.8) is 0 Å². The Morgan fingerprint density at radius 2 is 1.70 bits per heavy atom. The highest BCUT2D eigenvalue weighted by molar-refractivity contribution is 5.31. The summed E-state index contributed by atoms with van der Waals surface area (Å²) >= 11 is 0. The quantitative estimate of drug-likeness (QED) is 0.640. The molecule has 2 atom stereocenters. The van der Waals surface area contributed by atoms with Crippen LogP contribution in [0.1, 0.15) is 54.8 Å². The molecule has 1 aromatic carbocycles. The fraction of sp³-hybridized carbons (Fsp3) is 0.647. The minimum Gasteiger partial charge on any atom is -0.379 e. The zero-order valence-corrected chi connectivity index (χ0v) is 13.0. The lowest BCUT2D eigenvalue weighted by atomic mass is 9.80. The van der Waals surface area contributed by atoms with Crippen molar-refractivity contribution in [2.45, 2.75) is 58.1 Å². The van der Waals surface area contributed by atoms with Gasteiger partial charge in [-0.05, 0) is 38.2 Å². The summed E-state index contributed by atoms with van der Waals surface area (Å²) in [5.74, 6) is 6.47. The molecule has 0 bridgehead atoms. The summed E-state index contributed by atoms with van der Waals surface area (Å²) in [4.78, 5) is 0. The summed E-state index contributed by atoms with van der Waals surface area (Å²) in [6.07, 6.45) is 6.64. The predicted molar refractivity (Wildman–Crippen MR) is 83.4 cm³/mol. The second-order valence-electron chi connectivity index (χ2n) is 6.16. The van der Waals surface area contributed by atoms with Crippen molar-refractivity contribution in [1.82, 2.24) is 5.43 Å². The summed E-state index contributed by atoms with van der Waals surface area (Å²) in [6.45, 7) is 4.26. The molecule has 1 aliphatic rings. The van der Waals surface area contributed by atoms with Gasteiger partial charge in [0.25, 0.3) is 0 Å². The second-order valence-corrected chi connectivity index (χ2v) is 6.16. The van der Waals surface area contributed by atoms with E-state index in [0.717, 1.165) is 0 Å². The number of hydrazine groups is 1. The van der Waals surface area contributed by atoms with Gasteiger partial charge in [0.2, 0.25) is 0 Å². The van der Waals surface area contributed by atoms with Crippen molar-refractivity contribution >= 4 is 0 Å². The molecular formula is C17H28N2O. The lowest BCUT2D eigenvalue weighted by Crippen LogP contribution is -2.42. The molecule has 0 amide bonds. The first-order valence-electron chi connectivity index (χ1n) is 7.73. The second kappa shape index (κ2) is 7.21. The Morgan fingerprint density at radius 3 is 2.20 bits per heavy atom. The van der Waals surface area contributed by atoms with Gasteiger partial charge in [-0.25, -0.2) is 0 Å². The maximum atomic E-state index is 5.86. The lowest BCUT2D eigenvalue weighted by Gasteiger charge is -2.35. The fourth-order valence-corrected chi connectivity index (χ4v) is 3.63. The molecule has 0 spiro atoms. The van der Waals surface area contributed by atoms with E-state index in [0.29, 0.717) is 5.92 Å². The molecule has 1 aromatic rings. The van der Waals surface area contributed by atoms with Gasteiger partial charge < -0.3 is 4.74 Å². The molecule has 0 aromatic heterocycles. The van der Waals surface area contributed by atoms with Crippen molar-refractivity contribution in [2.75, 3.05) is 7.11 Å². The average molecular weight is 276 g/mol. The van der Waals surface area contributed by atoms with Crippen LogP contribution in [0.25, 0.3) is 0 Å². The van der Waals surface area contributed by atoms with Gasteiger partial charge in [0.05, 0.1) is 12.1 Å². The van der Waals surface area contributed by atoms with Gasteiger partial charge >= 0.3 is 0 Å². The van der Waals surface area contributed by atoms with Crippen LogP contribution in [0.4, 0.5) is 0 Å². The van der Waals surface area contributed by atoms with Crippen LogP contribution in [0.2, 0.25) is 0 Å². The Labute approximate surface area is 122 Å². The summed E-state index contributed by atoms with van der Waals surface area (Å²) in [5.41, 5.74) is 6.79. The maximum absolute atomic E-state index is 5.86. The SMILES string of the molecule is COC(C1CCCCC1)C(NN)c1cc(C)cc(C)c1. The van der Waals surface area contributed by atoms with E-state index in [2.05, 4.69) is 37.5 Å². The van der Waals surface area contributed by atoms with E-state index in [1.54, 1.807) is 0 Å². The van der Waals surface area contributed by atoms with Crippen LogP contribution >= 0.6 is 0 Å². The number of nitrogens with two attached hydrogens (primary N) is 1. The van der Waals surface area contributed by atoms with E-state index in [1.807, 2.05) is 7.11 Å². The van der Waals surface area contributed by atoms with Crippen LogP contribution in [0, 0.1) is 19.8 Å². The molecule has 0 heterocycles. The molecule has 3 nitrogen and oxygen atoms in total. The zero-order valence-electron chi connectivity index (χ0n) is 13.0. The van der Waals surface area contributed by atoms with Crippen LogP contribution in [0.15, 0.2) is 18.2 Å². The van der Waals surface area contributed by atoms with Gasteiger partial charge in [0.1, 0.15) is 0 Å². The summed E-state index contributed by atoms with van der Waals surface area (Å²) < 4.78 is 5.83. The van der Waals surface area contributed by atoms with Crippen LogP contribution in [-0.4, -0.2) is 13.2 Å². The minimum absolute atomic E-state index is 0.0710. The molecule has 3 N–H and O–H groups in total. The van der Waals surface area contributed by atoms with Crippen molar-refractivity contribution in [3.05, 3.63) is 34.9 Å². The monoisotopic (exact) mass is 276 g/mol. The molecule has 2 rings (SSSR count). The molecule has 0 aliphatic heterocycles. The molecule has 1 saturated carbocycles.